The molecule has 0 amide bonds. The summed E-state index contributed by atoms with van der Waals surface area (Å²) in [6.45, 7) is 18.4. The van der Waals surface area contributed by atoms with Crippen LogP contribution in [0.15, 0.2) is 11.6 Å². The average molecular weight is 1040 g/mol. The van der Waals surface area contributed by atoms with E-state index in [9.17, 15) is 65.4 Å². The van der Waals surface area contributed by atoms with Gasteiger partial charge in [0.05, 0.1) is 30.8 Å². The molecule has 0 aromatic heterocycles. The average Bonchev–Trinajstić information content (AvgIpc) is 3.29. The highest BCUT2D eigenvalue weighted by molar-refractivity contribution is 5.73. The maximum absolute atomic E-state index is 13.0. The lowest BCUT2D eigenvalue weighted by atomic mass is 9.33. The van der Waals surface area contributed by atoms with Gasteiger partial charge in [0.1, 0.15) is 73.2 Å². The summed E-state index contributed by atoms with van der Waals surface area (Å²) in [6, 6.07) is 0. The van der Waals surface area contributed by atoms with E-state index in [4.69, 9.17) is 37.9 Å². The van der Waals surface area contributed by atoms with E-state index in [1.54, 1.807) is 0 Å². The molecule has 8 aliphatic rings. The first kappa shape index (κ1) is 56.7. The summed E-state index contributed by atoms with van der Waals surface area (Å²) in [5.74, 6) is -2.77. The summed E-state index contributed by atoms with van der Waals surface area (Å²) in [7, 11) is 0. The van der Waals surface area contributed by atoms with Gasteiger partial charge >= 0.3 is 17.9 Å². The van der Waals surface area contributed by atoms with Crippen molar-refractivity contribution >= 4 is 17.9 Å². The fraction of sp³-hybridized carbons (Fsp3) is 0.904. The zero-order chi connectivity index (χ0) is 53.9. The molecule has 3 aliphatic heterocycles. The van der Waals surface area contributed by atoms with Crippen LogP contribution in [0.3, 0.4) is 0 Å². The Kier molecular flexibility index (Phi) is 15.6. The minimum atomic E-state index is -2.10. The fourth-order valence-corrected chi connectivity index (χ4v) is 16.0. The molecule has 4 saturated carbocycles. The molecule has 0 unspecified atom stereocenters. The standard InChI is InChI=1S/C52H82O21/c1-22-33(57)35(59)37(61)44(66-22)71-40-39(63)41(43(64)65)72-46(42(40)73-45-38(62)36(60)34(58)27(20-53)69-45)70-30-14-15-49(8)28(48(30,6)7)13-16-50(9)29(49)12-11-25-26-17-47(4,5)18-31(67-23(2)55)52(26,21-54)32(68-24(3)56)19-51(25,50)10/h11,22,26-42,44-46,53-54,57-63H,12-21H2,1-10H3,(H,64,65)/t22-,26-,27+,28-,29+,30-,31-,32-,33-,34+,35+,36-,37+,38+,39-,40-,41-,42+,44-,45-,46+,49-,50+,51+,52+/m0/s1. The number of aliphatic hydroxyl groups is 9. The first-order chi connectivity index (χ1) is 33.9. The molecule has 21 nitrogen and oxygen atoms in total. The van der Waals surface area contributed by atoms with E-state index in [1.165, 1.54) is 26.3 Å². The van der Waals surface area contributed by atoms with Crippen LogP contribution < -0.4 is 0 Å². The van der Waals surface area contributed by atoms with Gasteiger partial charge in [-0.25, -0.2) is 4.79 Å². The summed E-state index contributed by atoms with van der Waals surface area (Å²) >= 11 is 0. The van der Waals surface area contributed by atoms with Crippen LogP contribution in [0.25, 0.3) is 0 Å². The first-order valence-electron chi connectivity index (χ1n) is 26.1. The van der Waals surface area contributed by atoms with Crippen molar-refractivity contribution in [2.24, 2.45) is 50.2 Å². The number of hydrogen-bond donors (Lipinski definition) is 10. The van der Waals surface area contributed by atoms with Crippen molar-refractivity contribution in [1.29, 1.82) is 0 Å². The Morgan fingerprint density at radius 3 is 1.82 bits per heavy atom. The predicted octanol–water partition coefficient (Wildman–Crippen LogP) is 0.817. The van der Waals surface area contributed by atoms with Crippen molar-refractivity contribution in [3.05, 3.63) is 11.6 Å². The maximum Gasteiger partial charge on any atom is 0.335 e. The Bertz CT molecular complexity index is 2080. The Morgan fingerprint density at radius 2 is 1.23 bits per heavy atom. The zero-order valence-electron chi connectivity index (χ0n) is 43.7. The number of aliphatic hydroxyl groups excluding tert-OH is 9. The number of allylic oxidation sites excluding steroid dienone is 2. The number of esters is 2. The van der Waals surface area contributed by atoms with Gasteiger partial charge in [0.15, 0.2) is 25.0 Å². The minimum absolute atomic E-state index is 0.0248. The van der Waals surface area contributed by atoms with Gasteiger partial charge < -0.3 is 89.0 Å². The Hall–Kier alpha value is -2.45. The number of rotatable bonds is 11. The lowest BCUT2D eigenvalue weighted by molar-refractivity contribution is -0.395. The molecule has 3 saturated heterocycles. The van der Waals surface area contributed by atoms with Crippen molar-refractivity contribution in [2.45, 2.75) is 231 Å². The van der Waals surface area contributed by atoms with Crippen LogP contribution in [0.5, 0.6) is 0 Å². The van der Waals surface area contributed by atoms with Gasteiger partial charge in [-0.2, -0.15) is 0 Å². The summed E-state index contributed by atoms with van der Waals surface area (Å²) in [6.07, 6.45) is -21.5. The van der Waals surface area contributed by atoms with E-state index in [0.29, 0.717) is 38.5 Å². The third kappa shape index (κ3) is 9.22. The SMILES string of the molecule is CC(=O)O[C@H]1CC(C)(C)C[C@H]2C3=CC[C@@H]4[C@@]5(C)CC[C@H](O[C@@H]6O[C@H](C(=O)O)[C@@H](O)[C@H](O[C@@H]7O[C@@H](C)[C@H](O)[C@@H](O)[C@H]7O)[C@H]6O[C@@H]6O[C@H](CO)[C@@H](O)[C@H](O)[C@H]6O)C(C)(C)[C@@H]5CC[C@@]4(C)[C@]3(C)C[C@H](OC(C)=O)[C@@]12CO. The smallest absolute Gasteiger partial charge is 0.335 e. The van der Waals surface area contributed by atoms with Crippen LogP contribution in [0.1, 0.15) is 121 Å². The van der Waals surface area contributed by atoms with Gasteiger partial charge in [0, 0.05) is 13.8 Å². The summed E-state index contributed by atoms with van der Waals surface area (Å²) in [5, 5.41) is 108. The van der Waals surface area contributed by atoms with Gasteiger partial charge in [-0.05, 0) is 103 Å². The van der Waals surface area contributed by atoms with E-state index >= 15 is 0 Å². The molecular weight excluding hydrogens is 961 g/mol. The van der Waals surface area contributed by atoms with Crippen LogP contribution >= 0.6 is 0 Å². The molecule has 416 valence electrons. The van der Waals surface area contributed by atoms with Gasteiger partial charge in [0.2, 0.25) is 0 Å². The number of aliphatic carboxylic acids is 1. The first-order valence-corrected chi connectivity index (χ1v) is 26.1. The number of carbonyl (C=O) groups is 3. The lowest BCUT2D eigenvalue weighted by Crippen LogP contribution is -2.70. The van der Waals surface area contributed by atoms with Crippen molar-refractivity contribution < 1.29 is 103 Å². The molecule has 0 radical (unpaired) electrons. The summed E-state index contributed by atoms with van der Waals surface area (Å²) < 4.78 is 49.2. The Balaban J connectivity index is 1.13. The summed E-state index contributed by atoms with van der Waals surface area (Å²) in [4.78, 5) is 38.6. The molecule has 5 aliphatic carbocycles. The highest BCUT2D eigenvalue weighted by atomic mass is 16.8. The van der Waals surface area contributed by atoms with E-state index in [2.05, 4.69) is 54.5 Å². The number of carboxylic acids is 1. The molecule has 73 heavy (non-hydrogen) atoms. The van der Waals surface area contributed by atoms with Crippen LogP contribution in [-0.2, 0) is 52.3 Å². The van der Waals surface area contributed by atoms with E-state index < -0.39 is 151 Å². The van der Waals surface area contributed by atoms with E-state index in [0.717, 1.165) is 12.8 Å². The number of carbonyl (C=O) groups excluding carboxylic acids is 2. The molecule has 0 spiro atoms. The maximum atomic E-state index is 13.0. The molecule has 25 atom stereocenters. The molecule has 0 aromatic rings. The second-order valence-corrected chi connectivity index (χ2v) is 24.9. The van der Waals surface area contributed by atoms with Gasteiger partial charge in [-0.15, -0.1) is 0 Å². The molecule has 10 N–H and O–H groups in total. The minimum Gasteiger partial charge on any atom is -0.479 e. The zero-order valence-corrected chi connectivity index (χ0v) is 43.7. The molecule has 7 fully saturated rings. The molecule has 3 heterocycles. The molecular formula is C52H82O21. The van der Waals surface area contributed by atoms with Crippen LogP contribution in [0.4, 0.5) is 0 Å². The van der Waals surface area contributed by atoms with Gasteiger partial charge in [0.25, 0.3) is 0 Å². The van der Waals surface area contributed by atoms with Crippen LogP contribution in [0.2, 0.25) is 0 Å². The Morgan fingerprint density at radius 1 is 0.644 bits per heavy atom. The van der Waals surface area contributed by atoms with E-state index in [1.807, 2.05) is 0 Å². The fourth-order valence-electron chi connectivity index (χ4n) is 16.0. The molecule has 8 rings (SSSR count). The third-order valence-corrected chi connectivity index (χ3v) is 20.0. The van der Waals surface area contributed by atoms with Crippen molar-refractivity contribution in [2.75, 3.05) is 13.2 Å². The molecule has 0 bridgehead atoms. The normalized spacial score (nSPS) is 51.2. The monoisotopic (exact) mass is 1040 g/mol. The van der Waals surface area contributed by atoms with Gasteiger partial charge in [-0.3, -0.25) is 9.59 Å². The Labute approximate surface area is 426 Å². The van der Waals surface area contributed by atoms with Crippen molar-refractivity contribution in [3.8, 4) is 0 Å². The number of ether oxygens (including phenoxy) is 8. The van der Waals surface area contributed by atoms with Gasteiger partial charge in [-0.1, -0.05) is 60.1 Å². The van der Waals surface area contributed by atoms with Crippen molar-refractivity contribution in [1.82, 2.24) is 0 Å². The van der Waals surface area contributed by atoms with Crippen LogP contribution in [-0.4, -0.2) is 193 Å². The molecule has 21 heteroatoms. The quantitative estimate of drug-likeness (QED) is 0.0778. The lowest BCUT2D eigenvalue weighted by Gasteiger charge is -2.72. The number of hydrogen-bond acceptors (Lipinski definition) is 20. The van der Waals surface area contributed by atoms with E-state index in [-0.39, 0.29) is 40.6 Å². The molecule has 0 aromatic carbocycles. The number of carboxylic acid groups (broad SMARTS) is 1. The summed E-state index contributed by atoms with van der Waals surface area (Å²) in [5.41, 5.74) is -2.04. The van der Waals surface area contributed by atoms with Crippen molar-refractivity contribution in [3.63, 3.8) is 0 Å². The predicted molar refractivity (Wildman–Crippen MR) is 251 cm³/mol. The topological polar surface area (TPSA) is 327 Å². The number of fused-ring (bicyclic) bond motifs is 7. The second kappa shape index (κ2) is 20.1. The highest BCUT2D eigenvalue weighted by Gasteiger charge is 2.73. The second-order valence-electron chi connectivity index (χ2n) is 24.9. The highest BCUT2D eigenvalue weighted by Crippen LogP contribution is 2.76. The third-order valence-electron chi connectivity index (χ3n) is 20.0. The largest absolute Gasteiger partial charge is 0.479 e. The van der Waals surface area contributed by atoms with Crippen LogP contribution in [0, 0.1) is 50.2 Å².